The van der Waals surface area contributed by atoms with Gasteiger partial charge >= 0.3 is 4.87 Å². The molecular weight excluding hydrogens is 645 g/mol. The van der Waals surface area contributed by atoms with Crippen molar-refractivity contribution in [3.05, 3.63) is 77.1 Å². The number of anilines is 1. The van der Waals surface area contributed by atoms with Gasteiger partial charge in [-0.25, -0.2) is 0 Å². The SMILES string of the molecule is O=C(CN1C(=O)C2C3CC(C2C1=O)C1C3Sc2[nH]c(=O)sc2[C@@H]1c1ccc(Br)cc1)Nc1ccc(Cl)c(Cl)c1. The zero-order chi connectivity index (χ0) is 27.2. The first-order chi connectivity index (χ1) is 18.7. The number of H-pyrrole nitrogens is 1. The fourth-order valence-electron chi connectivity index (χ4n) is 7.20. The Bertz CT molecular complexity index is 1610. The molecule has 4 aliphatic rings. The summed E-state index contributed by atoms with van der Waals surface area (Å²) >= 11 is 18.4. The maximum absolute atomic E-state index is 13.7. The Balaban J connectivity index is 1.18. The van der Waals surface area contributed by atoms with Gasteiger partial charge in [-0.15, -0.1) is 11.8 Å². The molecule has 39 heavy (non-hydrogen) atoms. The van der Waals surface area contributed by atoms with E-state index < -0.39 is 17.7 Å². The number of aromatic amines is 1. The predicted octanol–water partition coefficient (Wildman–Crippen LogP) is 5.62. The van der Waals surface area contributed by atoms with Gasteiger partial charge in [0.15, 0.2) is 0 Å². The van der Waals surface area contributed by atoms with E-state index >= 15 is 0 Å². The van der Waals surface area contributed by atoms with Crippen LogP contribution in [-0.2, 0) is 14.4 Å². The number of thioether (sulfide) groups is 1. The number of nitrogens with one attached hydrogen (secondary N) is 2. The third-order valence-corrected chi connectivity index (χ3v) is 12.4. The predicted molar refractivity (Wildman–Crippen MR) is 154 cm³/mol. The Kier molecular flexibility index (Phi) is 6.28. The van der Waals surface area contributed by atoms with Crippen LogP contribution in [0.2, 0.25) is 10.0 Å². The molecule has 1 aromatic heterocycles. The van der Waals surface area contributed by atoms with E-state index in [9.17, 15) is 19.2 Å². The maximum Gasteiger partial charge on any atom is 0.305 e. The van der Waals surface area contributed by atoms with E-state index in [4.69, 9.17) is 23.2 Å². The molecule has 0 radical (unpaired) electrons. The third kappa shape index (κ3) is 4.05. The van der Waals surface area contributed by atoms with E-state index in [2.05, 4.69) is 38.4 Å². The van der Waals surface area contributed by atoms with Crippen LogP contribution in [-0.4, -0.2) is 39.4 Å². The smallest absolute Gasteiger partial charge is 0.305 e. The van der Waals surface area contributed by atoms with Crippen molar-refractivity contribution in [2.24, 2.45) is 29.6 Å². The molecule has 3 aromatic rings. The molecule has 3 fully saturated rings. The summed E-state index contributed by atoms with van der Waals surface area (Å²) in [5.74, 6) is -1.82. The number of benzene rings is 2. The van der Waals surface area contributed by atoms with Crippen molar-refractivity contribution in [3.63, 3.8) is 0 Å². The van der Waals surface area contributed by atoms with Gasteiger partial charge in [0.1, 0.15) is 6.54 Å². The lowest BCUT2D eigenvalue weighted by Gasteiger charge is -2.43. The number of hydrogen-bond acceptors (Lipinski definition) is 6. The fraction of sp³-hybridized carbons (Fsp3) is 0.333. The van der Waals surface area contributed by atoms with Crippen molar-refractivity contribution in [2.75, 3.05) is 11.9 Å². The van der Waals surface area contributed by atoms with Crippen LogP contribution in [0.3, 0.4) is 0 Å². The van der Waals surface area contributed by atoms with E-state index in [1.165, 1.54) is 17.4 Å². The van der Waals surface area contributed by atoms with Crippen LogP contribution < -0.4 is 10.2 Å². The summed E-state index contributed by atoms with van der Waals surface area (Å²) in [7, 11) is 0. The van der Waals surface area contributed by atoms with Crippen molar-refractivity contribution < 1.29 is 14.4 Å². The molecule has 6 unspecified atom stereocenters. The van der Waals surface area contributed by atoms with Gasteiger partial charge in [-0.2, -0.15) is 0 Å². The number of hydrogen-bond donors (Lipinski definition) is 2. The van der Waals surface area contributed by atoms with E-state index in [1.807, 2.05) is 12.1 Å². The lowest BCUT2D eigenvalue weighted by molar-refractivity contribution is -0.143. The second-order valence-corrected chi connectivity index (χ2v) is 14.4. The summed E-state index contributed by atoms with van der Waals surface area (Å²) in [5.41, 5.74) is 1.54. The van der Waals surface area contributed by atoms with E-state index in [1.54, 1.807) is 23.9 Å². The first-order valence-electron chi connectivity index (χ1n) is 12.5. The molecule has 2 aliphatic heterocycles. The molecule has 7 atom stereocenters. The largest absolute Gasteiger partial charge is 0.324 e. The summed E-state index contributed by atoms with van der Waals surface area (Å²) in [6.07, 6.45) is 0.796. The van der Waals surface area contributed by atoms with Crippen LogP contribution >= 0.6 is 62.2 Å². The molecule has 7 nitrogen and oxygen atoms in total. The highest BCUT2D eigenvalue weighted by molar-refractivity contribution is 9.10. The lowest BCUT2D eigenvalue weighted by Crippen LogP contribution is -2.42. The van der Waals surface area contributed by atoms with Gasteiger partial charge in [-0.05, 0) is 60.1 Å². The van der Waals surface area contributed by atoms with Crippen molar-refractivity contribution in [1.82, 2.24) is 9.88 Å². The Labute approximate surface area is 249 Å². The van der Waals surface area contributed by atoms with Crippen LogP contribution in [0.1, 0.15) is 22.8 Å². The van der Waals surface area contributed by atoms with E-state index in [-0.39, 0.29) is 52.2 Å². The maximum atomic E-state index is 13.7. The molecule has 2 saturated carbocycles. The minimum Gasteiger partial charge on any atom is -0.324 e. The number of aromatic nitrogens is 1. The number of carbonyl (C=O) groups is 3. The van der Waals surface area contributed by atoms with Crippen LogP contribution in [0, 0.1) is 29.6 Å². The minimum atomic E-state index is -0.471. The molecule has 200 valence electrons. The summed E-state index contributed by atoms with van der Waals surface area (Å²) in [5, 5.41) is 4.34. The molecule has 2 aliphatic carbocycles. The Morgan fingerprint density at radius 3 is 2.46 bits per heavy atom. The average Bonchev–Trinajstić information content (AvgIpc) is 3.63. The zero-order valence-corrected chi connectivity index (χ0v) is 24.8. The van der Waals surface area contributed by atoms with Gasteiger partial charge in [-0.1, -0.05) is 62.6 Å². The molecule has 2 N–H and O–H groups in total. The quantitative estimate of drug-likeness (QED) is 0.353. The molecule has 3 amide bonds. The first-order valence-corrected chi connectivity index (χ1v) is 15.7. The second kappa shape index (κ2) is 9.48. The molecule has 7 rings (SSSR count). The Morgan fingerprint density at radius 2 is 1.74 bits per heavy atom. The number of imide groups is 1. The Hall–Kier alpha value is -2.11. The number of nitrogens with zero attached hydrogens (tertiary/aromatic N) is 1. The zero-order valence-electron chi connectivity index (χ0n) is 20.0. The number of fused-ring (bicyclic) bond motifs is 9. The van der Waals surface area contributed by atoms with Crippen LogP contribution in [0.15, 0.2) is 56.8 Å². The van der Waals surface area contributed by atoms with Crippen LogP contribution in [0.5, 0.6) is 0 Å². The normalized spacial score (nSPS) is 30.3. The standard InChI is InChI=1S/C27H20BrCl2N3O4S2/c28-11-3-1-10(2-4-11)18-19-13-8-14(22(19)38-24-23(18)39-27(37)32-24)21-20(13)25(35)33(26(21)36)9-17(34)31-12-5-6-15(29)16(30)7-12/h1-7,13-14,18-22H,8-9H2,(H,31,34)(H,32,37)/t13?,14?,18-,19?,20?,21?,22?/m1/s1. The minimum absolute atomic E-state index is 0.00363. The highest BCUT2D eigenvalue weighted by Gasteiger charge is 2.69. The fourth-order valence-corrected chi connectivity index (χ4v) is 10.6. The van der Waals surface area contributed by atoms with Gasteiger partial charge in [0.05, 0.1) is 26.9 Å². The van der Waals surface area contributed by atoms with Crippen LogP contribution in [0.25, 0.3) is 0 Å². The summed E-state index contributed by atoms with van der Waals surface area (Å²) < 4.78 is 0.967. The summed E-state index contributed by atoms with van der Waals surface area (Å²) in [6.45, 7) is -0.344. The van der Waals surface area contributed by atoms with E-state index in [0.717, 1.165) is 31.3 Å². The van der Waals surface area contributed by atoms with Crippen LogP contribution in [0.4, 0.5) is 5.69 Å². The number of carbonyl (C=O) groups excluding carboxylic acids is 3. The molecule has 1 saturated heterocycles. The molecule has 3 heterocycles. The monoisotopic (exact) mass is 663 g/mol. The van der Waals surface area contributed by atoms with E-state index in [0.29, 0.717) is 15.7 Å². The van der Waals surface area contributed by atoms with Crippen molar-refractivity contribution >= 4 is 85.6 Å². The van der Waals surface area contributed by atoms with Crippen molar-refractivity contribution in [3.8, 4) is 0 Å². The number of rotatable bonds is 4. The molecule has 2 aromatic carbocycles. The summed E-state index contributed by atoms with van der Waals surface area (Å²) in [4.78, 5) is 57.6. The van der Waals surface area contributed by atoms with Crippen molar-refractivity contribution in [2.45, 2.75) is 22.6 Å². The number of amides is 3. The summed E-state index contributed by atoms with van der Waals surface area (Å²) in [6, 6.07) is 12.8. The molecule has 0 spiro atoms. The van der Waals surface area contributed by atoms with Gasteiger partial charge in [0.2, 0.25) is 17.7 Å². The topological polar surface area (TPSA) is 99.3 Å². The number of thiazole rings is 1. The van der Waals surface area contributed by atoms with Gasteiger partial charge in [0.25, 0.3) is 0 Å². The lowest BCUT2D eigenvalue weighted by atomic mass is 9.68. The van der Waals surface area contributed by atoms with Gasteiger partial charge in [-0.3, -0.25) is 24.1 Å². The highest BCUT2D eigenvalue weighted by atomic mass is 79.9. The first kappa shape index (κ1) is 25.8. The average molecular weight is 665 g/mol. The number of likely N-dealkylation sites (tertiary alicyclic amines) is 1. The Morgan fingerprint density at radius 1 is 1.03 bits per heavy atom. The second-order valence-electron chi connectivity index (χ2n) is 10.5. The molecule has 2 bridgehead atoms. The van der Waals surface area contributed by atoms with Gasteiger partial charge < -0.3 is 10.3 Å². The highest BCUT2D eigenvalue weighted by Crippen LogP contribution is 2.68. The van der Waals surface area contributed by atoms with Gasteiger partial charge in [0, 0.05) is 26.2 Å². The third-order valence-electron chi connectivity index (χ3n) is 8.55. The molecule has 12 heteroatoms. The molecular formula is C27H20BrCl2N3O4S2. The number of halogens is 3. The van der Waals surface area contributed by atoms with Crippen molar-refractivity contribution in [1.29, 1.82) is 0 Å².